The zero-order valence-corrected chi connectivity index (χ0v) is 18.2. The van der Waals surface area contributed by atoms with Crippen molar-refractivity contribution in [2.24, 2.45) is 0 Å². The zero-order chi connectivity index (χ0) is 22.5. The van der Waals surface area contributed by atoms with Gasteiger partial charge in [0, 0.05) is 24.5 Å². The van der Waals surface area contributed by atoms with Crippen molar-refractivity contribution in [1.29, 1.82) is 0 Å². The number of likely N-dealkylation sites (tertiary alicyclic amines) is 1. The van der Waals surface area contributed by atoms with Crippen molar-refractivity contribution in [2.45, 2.75) is 12.5 Å². The molecule has 2 aromatic rings. The summed E-state index contributed by atoms with van der Waals surface area (Å²) in [5, 5.41) is 11.1. The molecule has 0 radical (unpaired) electrons. The summed E-state index contributed by atoms with van der Waals surface area (Å²) in [5.74, 6) is -0.682. The van der Waals surface area contributed by atoms with Crippen molar-refractivity contribution in [3.8, 4) is 11.5 Å². The first-order chi connectivity index (χ1) is 14.9. The van der Waals surface area contributed by atoms with Gasteiger partial charge in [-0.3, -0.25) is 14.6 Å². The van der Waals surface area contributed by atoms with Crippen LogP contribution in [0.25, 0.3) is 5.76 Å². The van der Waals surface area contributed by atoms with Gasteiger partial charge in [0.25, 0.3) is 11.7 Å². The van der Waals surface area contributed by atoms with Crippen LogP contribution in [-0.4, -0.2) is 73.0 Å². The number of methoxy groups -OCH3 is 2. The molecule has 0 unspecified atom stereocenters. The Morgan fingerprint density at radius 3 is 2.39 bits per heavy atom. The lowest BCUT2D eigenvalue weighted by Gasteiger charge is -2.25. The SMILES string of the molecule is COc1ccc(C(O)=C2C(=O)C(=O)N(CCCN(C)C)[C@@H]2c2ccncc2)cc1OC. The Morgan fingerprint density at radius 1 is 1.10 bits per heavy atom. The summed E-state index contributed by atoms with van der Waals surface area (Å²) in [6.45, 7) is 1.15. The van der Waals surface area contributed by atoms with Crippen molar-refractivity contribution in [3.05, 3.63) is 59.4 Å². The van der Waals surface area contributed by atoms with Crippen LogP contribution in [0, 0.1) is 0 Å². The first-order valence-corrected chi connectivity index (χ1v) is 9.94. The fourth-order valence-corrected chi connectivity index (χ4v) is 3.70. The van der Waals surface area contributed by atoms with Gasteiger partial charge in [0.2, 0.25) is 0 Å². The maximum absolute atomic E-state index is 13.0. The quantitative estimate of drug-likeness (QED) is 0.395. The molecular weight excluding hydrogens is 398 g/mol. The molecule has 3 rings (SSSR count). The minimum absolute atomic E-state index is 0.0493. The summed E-state index contributed by atoms with van der Waals surface area (Å²) in [5.41, 5.74) is 1.12. The van der Waals surface area contributed by atoms with Crippen molar-refractivity contribution in [3.63, 3.8) is 0 Å². The highest BCUT2D eigenvalue weighted by Crippen LogP contribution is 2.40. The van der Waals surface area contributed by atoms with E-state index in [9.17, 15) is 14.7 Å². The van der Waals surface area contributed by atoms with E-state index in [-0.39, 0.29) is 11.3 Å². The largest absolute Gasteiger partial charge is 0.507 e. The summed E-state index contributed by atoms with van der Waals surface area (Å²) in [4.78, 5) is 33.5. The van der Waals surface area contributed by atoms with Crippen LogP contribution in [0.4, 0.5) is 0 Å². The second-order valence-corrected chi connectivity index (χ2v) is 7.50. The molecular formula is C23H27N3O5. The Bertz CT molecular complexity index is 988. The number of nitrogens with zero attached hydrogens (tertiary/aromatic N) is 3. The monoisotopic (exact) mass is 425 g/mol. The minimum atomic E-state index is -0.709. The third kappa shape index (κ3) is 4.54. The molecule has 1 saturated heterocycles. The molecule has 1 aliphatic heterocycles. The molecule has 0 saturated carbocycles. The number of carbonyl (C=O) groups is 2. The Morgan fingerprint density at radius 2 is 1.77 bits per heavy atom. The molecule has 0 aliphatic carbocycles. The molecule has 1 aliphatic rings. The standard InChI is InChI=1S/C23H27N3O5/c1-25(2)12-5-13-26-20(15-8-10-24-11-9-15)19(22(28)23(26)29)21(27)16-6-7-17(30-3)18(14-16)31-4/h6-11,14,20,27H,5,12-13H2,1-4H3/t20-/m1/s1. The van der Waals surface area contributed by atoms with Crippen molar-refractivity contribution >= 4 is 17.4 Å². The lowest BCUT2D eigenvalue weighted by atomic mass is 9.95. The first kappa shape index (κ1) is 22.3. The molecule has 1 fully saturated rings. The average molecular weight is 425 g/mol. The average Bonchev–Trinajstić information content (AvgIpc) is 3.03. The number of pyridine rings is 1. The van der Waals surface area contributed by atoms with Gasteiger partial charge in [-0.15, -0.1) is 0 Å². The summed E-state index contributed by atoms with van der Waals surface area (Å²) >= 11 is 0. The third-order valence-corrected chi connectivity index (χ3v) is 5.22. The minimum Gasteiger partial charge on any atom is -0.507 e. The number of ketones is 1. The maximum atomic E-state index is 13.0. The molecule has 1 atom stereocenters. The Labute approximate surface area is 181 Å². The Hall–Kier alpha value is -3.39. The van der Waals surface area contributed by atoms with Gasteiger partial charge in [-0.1, -0.05) is 0 Å². The lowest BCUT2D eigenvalue weighted by Crippen LogP contribution is -2.32. The van der Waals surface area contributed by atoms with Gasteiger partial charge < -0.3 is 24.4 Å². The fraction of sp³-hybridized carbons (Fsp3) is 0.348. The maximum Gasteiger partial charge on any atom is 0.295 e. The van der Waals surface area contributed by atoms with E-state index in [1.165, 1.54) is 19.1 Å². The third-order valence-electron chi connectivity index (χ3n) is 5.22. The van der Waals surface area contributed by atoms with E-state index in [4.69, 9.17) is 9.47 Å². The van der Waals surface area contributed by atoms with E-state index in [0.717, 1.165) is 6.54 Å². The van der Waals surface area contributed by atoms with Gasteiger partial charge in [-0.05, 0) is 63.0 Å². The van der Waals surface area contributed by atoms with Crippen molar-refractivity contribution in [1.82, 2.24) is 14.8 Å². The van der Waals surface area contributed by atoms with E-state index >= 15 is 0 Å². The van der Waals surface area contributed by atoms with Crippen LogP contribution in [0.5, 0.6) is 11.5 Å². The van der Waals surface area contributed by atoms with Gasteiger partial charge in [0.15, 0.2) is 11.5 Å². The summed E-state index contributed by atoms with van der Waals surface area (Å²) in [6.07, 6.45) is 3.90. The number of ether oxygens (including phenoxy) is 2. The van der Waals surface area contributed by atoms with E-state index in [1.807, 2.05) is 19.0 Å². The van der Waals surface area contributed by atoms with E-state index in [1.54, 1.807) is 42.7 Å². The number of aliphatic hydroxyl groups excluding tert-OH is 1. The summed E-state index contributed by atoms with van der Waals surface area (Å²) in [6, 6.07) is 7.65. The molecule has 8 nitrogen and oxygen atoms in total. The van der Waals surface area contributed by atoms with E-state index in [0.29, 0.717) is 35.6 Å². The lowest BCUT2D eigenvalue weighted by molar-refractivity contribution is -0.139. The number of hydrogen-bond acceptors (Lipinski definition) is 7. The number of amides is 1. The normalized spacial score (nSPS) is 18.0. The molecule has 1 amide bonds. The zero-order valence-electron chi connectivity index (χ0n) is 18.2. The number of benzene rings is 1. The number of Topliss-reactive ketones (excluding diaryl/α,β-unsaturated/α-hetero) is 1. The van der Waals surface area contributed by atoms with E-state index in [2.05, 4.69) is 4.98 Å². The molecule has 2 heterocycles. The molecule has 0 bridgehead atoms. The predicted molar refractivity (Wildman–Crippen MR) is 116 cm³/mol. The summed E-state index contributed by atoms with van der Waals surface area (Å²) in [7, 11) is 6.90. The fourth-order valence-electron chi connectivity index (χ4n) is 3.70. The topological polar surface area (TPSA) is 92.2 Å². The van der Waals surface area contributed by atoms with Crippen LogP contribution in [0.15, 0.2) is 48.3 Å². The van der Waals surface area contributed by atoms with Crippen LogP contribution in [0.1, 0.15) is 23.6 Å². The van der Waals surface area contributed by atoms with Gasteiger partial charge in [0.05, 0.1) is 25.8 Å². The van der Waals surface area contributed by atoms with Crippen LogP contribution >= 0.6 is 0 Å². The molecule has 164 valence electrons. The first-order valence-electron chi connectivity index (χ1n) is 9.94. The van der Waals surface area contributed by atoms with Gasteiger partial charge in [-0.25, -0.2) is 0 Å². The highest BCUT2D eigenvalue weighted by Gasteiger charge is 2.45. The van der Waals surface area contributed by atoms with Gasteiger partial charge in [-0.2, -0.15) is 0 Å². The number of carbonyl (C=O) groups excluding carboxylic acids is 2. The number of aromatic nitrogens is 1. The molecule has 1 N–H and O–H groups in total. The van der Waals surface area contributed by atoms with Crippen LogP contribution in [0.2, 0.25) is 0 Å². The summed E-state index contributed by atoms with van der Waals surface area (Å²) < 4.78 is 10.6. The smallest absolute Gasteiger partial charge is 0.295 e. The number of hydrogen-bond donors (Lipinski definition) is 1. The van der Waals surface area contributed by atoms with Gasteiger partial charge >= 0.3 is 0 Å². The molecule has 8 heteroatoms. The molecule has 0 spiro atoms. The molecule has 31 heavy (non-hydrogen) atoms. The highest BCUT2D eigenvalue weighted by atomic mass is 16.5. The van der Waals surface area contributed by atoms with Gasteiger partial charge in [0.1, 0.15) is 5.76 Å². The van der Waals surface area contributed by atoms with Crippen molar-refractivity contribution in [2.75, 3.05) is 41.4 Å². The van der Waals surface area contributed by atoms with Crippen molar-refractivity contribution < 1.29 is 24.2 Å². The molecule has 1 aromatic carbocycles. The second kappa shape index (κ2) is 9.61. The predicted octanol–water partition coefficient (Wildman–Crippen LogP) is 2.47. The highest BCUT2D eigenvalue weighted by molar-refractivity contribution is 6.46. The van der Waals surface area contributed by atoms with Crippen LogP contribution < -0.4 is 9.47 Å². The van der Waals surface area contributed by atoms with E-state index < -0.39 is 17.7 Å². The number of rotatable bonds is 8. The Kier molecular flexibility index (Phi) is 6.91. The Balaban J connectivity index is 2.09. The second-order valence-electron chi connectivity index (χ2n) is 7.50. The van der Waals surface area contributed by atoms with Crippen LogP contribution in [-0.2, 0) is 9.59 Å². The van der Waals surface area contributed by atoms with Crippen LogP contribution in [0.3, 0.4) is 0 Å². The number of aliphatic hydroxyl groups is 1. The molecule has 1 aromatic heterocycles.